The molecule has 1 aliphatic heterocycles. The van der Waals surface area contributed by atoms with Crippen molar-refractivity contribution < 1.29 is 4.79 Å². The van der Waals surface area contributed by atoms with E-state index in [1.54, 1.807) is 16.4 Å². The maximum atomic E-state index is 12.4. The van der Waals surface area contributed by atoms with Gasteiger partial charge in [0, 0.05) is 21.4 Å². The van der Waals surface area contributed by atoms with E-state index in [1.165, 1.54) is 0 Å². The third-order valence-corrected chi connectivity index (χ3v) is 6.08. The number of carbonyl (C=O) groups excluding carboxylic acids is 1. The highest BCUT2D eigenvalue weighted by atomic mass is 79.9. The van der Waals surface area contributed by atoms with Gasteiger partial charge in [-0.1, -0.05) is 28.1 Å². The molecular weight excluding hydrogens is 426 g/mol. The molecule has 0 spiro atoms. The van der Waals surface area contributed by atoms with E-state index >= 15 is 0 Å². The molecule has 138 valence electrons. The van der Waals surface area contributed by atoms with E-state index < -0.39 is 0 Å². The second-order valence-corrected chi connectivity index (χ2v) is 8.51. The Bertz CT molecular complexity index is 1030. The van der Waals surface area contributed by atoms with Crippen molar-refractivity contribution in [1.82, 2.24) is 19.7 Å². The van der Waals surface area contributed by atoms with Crippen molar-refractivity contribution in [3.8, 4) is 5.95 Å². The van der Waals surface area contributed by atoms with Gasteiger partial charge in [-0.05, 0) is 44.5 Å². The number of nitrogens with zero attached hydrogens (tertiary/aromatic N) is 4. The molecule has 0 radical (unpaired) electrons. The number of thioether (sulfide) groups is 1. The Morgan fingerprint density at radius 1 is 1.19 bits per heavy atom. The molecule has 1 atom stereocenters. The lowest BCUT2D eigenvalue weighted by atomic mass is 10.0. The van der Waals surface area contributed by atoms with Crippen LogP contribution in [-0.4, -0.2) is 31.4 Å². The van der Waals surface area contributed by atoms with Crippen LogP contribution in [0, 0.1) is 20.8 Å². The zero-order chi connectivity index (χ0) is 19.1. The molecule has 4 rings (SSSR count). The van der Waals surface area contributed by atoms with Crippen molar-refractivity contribution in [3.63, 3.8) is 0 Å². The van der Waals surface area contributed by atoms with Gasteiger partial charge in [-0.2, -0.15) is 9.78 Å². The van der Waals surface area contributed by atoms with Gasteiger partial charge in [0.25, 0.3) is 5.95 Å². The minimum Gasteiger partial charge on any atom is -0.309 e. The van der Waals surface area contributed by atoms with Crippen LogP contribution in [0.15, 0.2) is 34.8 Å². The molecule has 1 aromatic carbocycles. The Kier molecular flexibility index (Phi) is 4.77. The van der Waals surface area contributed by atoms with Crippen molar-refractivity contribution in [3.05, 3.63) is 63.0 Å². The standard InChI is InChI=1S/C19H18BrN5OS/c1-10-7-11(2)22-19(21-10)25-18-16(12(3)24-25)17(27-9-15(26)23-18)13-5-4-6-14(20)8-13/h4-8,17H,9H2,1-3H3,(H,23,26). The number of fused-ring (bicyclic) bond motifs is 1. The predicted molar refractivity (Wildman–Crippen MR) is 110 cm³/mol. The second kappa shape index (κ2) is 7.09. The smallest absolute Gasteiger partial charge is 0.252 e. The molecule has 0 bridgehead atoms. The molecule has 2 aromatic heterocycles. The summed E-state index contributed by atoms with van der Waals surface area (Å²) in [7, 11) is 0. The molecule has 6 nitrogen and oxygen atoms in total. The number of amides is 1. The Morgan fingerprint density at radius 2 is 1.93 bits per heavy atom. The molecular formula is C19H18BrN5OS. The van der Waals surface area contributed by atoms with E-state index in [1.807, 2.05) is 39.0 Å². The number of benzene rings is 1. The summed E-state index contributed by atoms with van der Waals surface area (Å²) in [6.45, 7) is 5.80. The molecule has 27 heavy (non-hydrogen) atoms. The van der Waals surface area contributed by atoms with Crippen LogP contribution in [0.2, 0.25) is 0 Å². The molecule has 1 aliphatic rings. The van der Waals surface area contributed by atoms with E-state index in [0.717, 1.165) is 32.7 Å². The van der Waals surface area contributed by atoms with Crippen LogP contribution in [0.25, 0.3) is 5.95 Å². The summed E-state index contributed by atoms with van der Waals surface area (Å²) in [4.78, 5) is 21.4. The summed E-state index contributed by atoms with van der Waals surface area (Å²) in [5.74, 6) is 1.44. The van der Waals surface area contributed by atoms with Crippen LogP contribution in [0.4, 0.5) is 5.82 Å². The SMILES string of the molecule is Cc1cc(C)nc(-n2nc(C)c3c2NC(=O)CSC3c2cccc(Br)c2)n1. The molecule has 1 unspecified atom stereocenters. The number of aromatic nitrogens is 4. The lowest BCUT2D eigenvalue weighted by Crippen LogP contribution is -2.17. The second-order valence-electron chi connectivity index (χ2n) is 6.50. The van der Waals surface area contributed by atoms with E-state index in [-0.39, 0.29) is 11.2 Å². The molecule has 0 aliphatic carbocycles. The summed E-state index contributed by atoms with van der Waals surface area (Å²) in [5, 5.41) is 7.68. The lowest BCUT2D eigenvalue weighted by molar-refractivity contribution is -0.113. The molecule has 3 heterocycles. The largest absolute Gasteiger partial charge is 0.309 e. The maximum Gasteiger partial charge on any atom is 0.252 e. The van der Waals surface area contributed by atoms with Crippen LogP contribution < -0.4 is 5.32 Å². The van der Waals surface area contributed by atoms with E-state index in [9.17, 15) is 4.79 Å². The van der Waals surface area contributed by atoms with Gasteiger partial charge in [0.1, 0.15) is 5.82 Å². The minimum atomic E-state index is -0.0516. The third-order valence-electron chi connectivity index (χ3n) is 4.32. The van der Waals surface area contributed by atoms with Gasteiger partial charge in [0.05, 0.1) is 16.7 Å². The Labute approximate surface area is 169 Å². The van der Waals surface area contributed by atoms with Gasteiger partial charge in [0.15, 0.2) is 0 Å². The average molecular weight is 444 g/mol. The number of carbonyl (C=O) groups is 1. The summed E-state index contributed by atoms with van der Waals surface area (Å²) < 4.78 is 2.66. The molecule has 1 N–H and O–H groups in total. The average Bonchev–Trinajstić information content (AvgIpc) is 2.81. The number of halogens is 1. The Morgan fingerprint density at radius 3 is 2.63 bits per heavy atom. The highest BCUT2D eigenvalue weighted by Gasteiger charge is 2.31. The van der Waals surface area contributed by atoms with Crippen LogP contribution in [0.3, 0.4) is 0 Å². The first-order valence-corrected chi connectivity index (χ1v) is 10.4. The molecule has 0 saturated carbocycles. The van der Waals surface area contributed by atoms with Crippen LogP contribution in [0.1, 0.15) is 33.5 Å². The lowest BCUT2D eigenvalue weighted by Gasteiger charge is -2.15. The number of aryl methyl sites for hydroxylation is 3. The van der Waals surface area contributed by atoms with Crippen LogP contribution in [-0.2, 0) is 4.79 Å². The first-order valence-electron chi connectivity index (χ1n) is 8.51. The van der Waals surface area contributed by atoms with Crippen molar-refractivity contribution >= 4 is 39.4 Å². The fraction of sp³-hybridized carbons (Fsp3) is 0.263. The third kappa shape index (κ3) is 3.51. The topological polar surface area (TPSA) is 72.7 Å². The number of rotatable bonds is 2. The van der Waals surface area contributed by atoms with Crippen molar-refractivity contribution in [2.45, 2.75) is 26.0 Å². The van der Waals surface area contributed by atoms with Gasteiger partial charge in [-0.15, -0.1) is 11.8 Å². The van der Waals surface area contributed by atoms with Crippen molar-refractivity contribution in [1.29, 1.82) is 0 Å². The van der Waals surface area contributed by atoms with Crippen LogP contribution >= 0.6 is 27.7 Å². The normalized spacial score (nSPS) is 16.6. The van der Waals surface area contributed by atoms with Crippen LogP contribution in [0.5, 0.6) is 0 Å². The monoisotopic (exact) mass is 443 g/mol. The van der Waals surface area contributed by atoms with E-state index in [0.29, 0.717) is 17.5 Å². The first kappa shape index (κ1) is 18.2. The van der Waals surface area contributed by atoms with E-state index in [4.69, 9.17) is 0 Å². The van der Waals surface area contributed by atoms with Gasteiger partial charge >= 0.3 is 0 Å². The fourth-order valence-corrected chi connectivity index (χ4v) is 4.86. The predicted octanol–water partition coefficient (Wildman–Crippen LogP) is 4.12. The number of nitrogens with one attached hydrogen (secondary N) is 1. The molecule has 3 aromatic rings. The minimum absolute atomic E-state index is 0.00361. The molecule has 1 amide bonds. The van der Waals surface area contributed by atoms with Gasteiger partial charge in [0.2, 0.25) is 5.91 Å². The summed E-state index contributed by atoms with van der Waals surface area (Å²) in [5.41, 5.74) is 4.68. The van der Waals surface area contributed by atoms with Crippen molar-refractivity contribution in [2.24, 2.45) is 0 Å². The Balaban J connectivity index is 1.91. The zero-order valence-electron chi connectivity index (χ0n) is 15.2. The van der Waals surface area contributed by atoms with Gasteiger partial charge < -0.3 is 5.32 Å². The molecule has 8 heteroatoms. The van der Waals surface area contributed by atoms with Gasteiger partial charge in [-0.3, -0.25) is 4.79 Å². The summed E-state index contributed by atoms with van der Waals surface area (Å²) in [6.07, 6.45) is 0. The number of hydrogen-bond donors (Lipinski definition) is 1. The van der Waals surface area contributed by atoms with Crippen molar-refractivity contribution in [2.75, 3.05) is 11.1 Å². The quantitative estimate of drug-likeness (QED) is 0.644. The highest BCUT2D eigenvalue weighted by molar-refractivity contribution is 9.10. The maximum absolute atomic E-state index is 12.4. The number of hydrogen-bond acceptors (Lipinski definition) is 5. The Hall–Kier alpha value is -2.19. The molecule has 0 saturated heterocycles. The summed E-state index contributed by atoms with van der Waals surface area (Å²) in [6, 6.07) is 10.1. The van der Waals surface area contributed by atoms with E-state index in [2.05, 4.69) is 48.4 Å². The number of anilines is 1. The zero-order valence-corrected chi connectivity index (χ0v) is 17.6. The van der Waals surface area contributed by atoms with Gasteiger partial charge in [-0.25, -0.2) is 9.97 Å². The first-order chi connectivity index (χ1) is 12.9. The fourth-order valence-electron chi connectivity index (χ4n) is 3.26. The highest BCUT2D eigenvalue weighted by Crippen LogP contribution is 2.44. The summed E-state index contributed by atoms with van der Waals surface area (Å²) >= 11 is 5.14. The molecule has 0 fully saturated rings.